The summed E-state index contributed by atoms with van der Waals surface area (Å²) in [5.74, 6) is -1.63. The van der Waals surface area contributed by atoms with Crippen molar-refractivity contribution in [3.05, 3.63) is 45.8 Å². The molecule has 42 heavy (non-hydrogen) atoms. The fraction of sp³-hybridized carbons (Fsp3) is 0.697. The summed E-state index contributed by atoms with van der Waals surface area (Å²) in [4.78, 5) is 31.0. The Morgan fingerprint density at radius 2 is 1.98 bits per heavy atom. The smallest absolute Gasteiger partial charge is 0.340 e. The number of carbonyl (C=O) groups excluding carboxylic acids is 2. The van der Waals surface area contributed by atoms with Gasteiger partial charge in [0, 0.05) is 49.4 Å². The number of aliphatic hydroxyl groups excluding tert-OH is 1. The molecule has 7 aliphatic rings. The second-order valence-electron chi connectivity index (χ2n) is 14.3. The van der Waals surface area contributed by atoms with E-state index in [0.29, 0.717) is 61.3 Å². The molecule has 228 valence electrons. The van der Waals surface area contributed by atoms with E-state index in [0.717, 1.165) is 30.5 Å². The molecule has 4 bridgehead atoms. The summed E-state index contributed by atoms with van der Waals surface area (Å²) >= 11 is 0. The minimum absolute atomic E-state index is 0.131. The van der Waals surface area contributed by atoms with Gasteiger partial charge in [0.05, 0.1) is 24.0 Å². The number of aromatic nitrogens is 1. The molecule has 4 aliphatic carbocycles. The van der Waals surface area contributed by atoms with Crippen molar-refractivity contribution in [2.45, 2.75) is 102 Å². The average molecular weight is 581 g/mol. The number of rotatable bonds is 4. The minimum atomic E-state index is -1.25. The molecule has 1 spiro atoms. The molecule has 3 N–H and O–H groups in total. The number of hydrogen-bond donors (Lipinski definition) is 3. The normalized spacial score (nSPS) is 43.0. The predicted molar refractivity (Wildman–Crippen MR) is 154 cm³/mol. The lowest BCUT2D eigenvalue weighted by atomic mass is 9.41. The molecule has 1 aromatic heterocycles. The monoisotopic (exact) mass is 580 g/mol. The lowest BCUT2D eigenvalue weighted by molar-refractivity contribution is -0.401. The van der Waals surface area contributed by atoms with Crippen molar-refractivity contribution in [1.82, 2.24) is 9.88 Å². The maximum Gasteiger partial charge on any atom is 0.340 e. The van der Waals surface area contributed by atoms with E-state index >= 15 is 0 Å². The van der Waals surface area contributed by atoms with E-state index in [1.54, 1.807) is 13.8 Å². The Morgan fingerprint density at radius 1 is 1.21 bits per heavy atom. The topological polar surface area (TPSA) is 121 Å². The number of carbonyl (C=O) groups is 2. The number of aliphatic hydroxyl groups is 2. The van der Waals surface area contributed by atoms with Crippen LogP contribution in [0.2, 0.25) is 0 Å². The number of Topliss-reactive ketones (excluding diaryl/α,β-unsaturated/α-hetero) is 1. The van der Waals surface area contributed by atoms with Gasteiger partial charge in [-0.2, -0.15) is 0 Å². The third-order valence-corrected chi connectivity index (χ3v) is 12.2. The van der Waals surface area contributed by atoms with E-state index < -0.39 is 40.6 Å². The largest absolute Gasteiger partial charge is 0.454 e. The van der Waals surface area contributed by atoms with Gasteiger partial charge in [-0.05, 0) is 76.1 Å². The third-order valence-electron chi connectivity index (χ3n) is 12.2. The summed E-state index contributed by atoms with van der Waals surface area (Å²) in [7, 11) is 2.07. The van der Waals surface area contributed by atoms with Crippen LogP contribution in [0.25, 0.3) is 0 Å². The molecule has 8 rings (SSSR count). The number of aromatic amines is 1. The summed E-state index contributed by atoms with van der Waals surface area (Å²) in [6, 6.07) is 0. The zero-order valence-corrected chi connectivity index (χ0v) is 25.6. The molecule has 5 fully saturated rings. The van der Waals surface area contributed by atoms with Crippen molar-refractivity contribution < 1.29 is 34.0 Å². The number of nitrogens with one attached hydrogen (secondary N) is 1. The van der Waals surface area contributed by atoms with Gasteiger partial charge in [-0.25, -0.2) is 4.79 Å². The fourth-order valence-electron chi connectivity index (χ4n) is 10.3. The van der Waals surface area contributed by atoms with E-state index in [1.165, 1.54) is 6.92 Å². The van der Waals surface area contributed by atoms with Gasteiger partial charge >= 0.3 is 5.97 Å². The Labute approximate surface area is 247 Å². The first kappa shape index (κ1) is 28.5. The number of H-pyrrole nitrogens is 1. The van der Waals surface area contributed by atoms with Crippen LogP contribution < -0.4 is 0 Å². The number of allylic oxidation sites excluding steroid dienone is 1. The van der Waals surface area contributed by atoms with Gasteiger partial charge in [0.25, 0.3) is 0 Å². The van der Waals surface area contributed by atoms with Crippen LogP contribution in [-0.4, -0.2) is 87.8 Å². The first-order chi connectivity index (χ1) is 19.7. The highest BCUT2D eigenvalue weighted by molar-refractivity contribution is 6.00. The number of esters is 1. The van der Waals surface area contributed by atoms with Gasteiger partial charge in [-0.15, -0.1) is 0 Å². The Morgan fingerprint density at radius 3 is 2.69 bits per heavy atom. The quantitative estimate of drug-likeness (QED) is 0.280. The molecule has 0 radical (unpaired) electrons. The molecule has 3 saturated heterocycles. The Balaban J connectivity index is 1.30. The number of aryl methyl sites for hydroxylation is 1. The van der Waals surface area contributed by atoms with Crippen LogP contribution in [0.5, 0.6) is 0 Å². The minimum Gasteiger partial charge on any atom is -0.454 e. The van der Waals surface area contributed by atoms with E-state index in [4.69, 9.17) is 14.2 Å². The highest BCUT2D eigenvalue weighted by atomic mass is 16.7. The summed E-state index contributed by atoms with van der Waals surface area (Å²) in [6.45, 7) is 11.0. The number of ether oxygens (including phenoxy) is 3. The van der Waals surface area contributed by atoms with Crippen molar-refractivity contribution in [3.8, 4) is 0 Å². The molecule has 2 saturated carbocycles. The lowest BCUT2D eigenvalue weighted by Gasteiger charge is -2.73. The van der Waals surface area contributed by atoms with Gasteiger partial charge in [-0.3, -0.25) is 4.79 Å². The van der Waals surface area contributed by atoms with Gasteiger partial charge in [0.2, 0.25) is 0 Å². The van der Waals surface area contributed by atoms with Crippen molar-refractivity contribution in [1.29, 1.82) is 0 Å². The van der Waals surface area contributed by atoms with E-state index in [9.17, 15) is 19.8 Å². The van der Waals surface area contributed by atoms with Crippen LogP contribution in [0.3, 0.4) is 0 Å². The molecule has 4 heterocycles. The Hall–Kier alpha value is -2.30. The van der Waals surface area contributed by atoms with Gasteiger partial charge < -0.3 is 34.3 Å². The van der Waals surface area contributed by atoms with Crippen LogP contribution in [0.4, 0.5) is 0 Å². The molecule has 0 amide bonds. The van der Waals surface area contributed by atoms with E-state index in [2.05, 4.69) is 36.0 Å². The SMILES string of the molecule is CC(=O)c1[nH]c(C)c(C(=O)OC(C)C2=CC[C@@]34OCCN(C)CC23C[C@@H](O)C23O[C@@]5(O)CC[C@@]2(C)[C@H](CC=C34)C5)c1C. The van der Waals surface area contributed by atoms with Crippen LogP contribution >= 0.6 is 0 Å². The van der Waals surface area contributed by atoms with E-state index in [1.807, 2.05) is 6.92 Å². The highest BCUT2D eigenvalue weighted by Gasteiger charge is 2.79. The lowest BCUT2D eigenvalue weighted by Crippen LogP contribution is -2.79. The molecular weight excluding hydrogens is 536 g/mol. The van der Waals surface area contributed by atoms with Gasteiger partial charge in [-0.1, -0.05) is 19.1 Å². The number of fused-ring (bicyclic) bond motifs is 1. The molecule has 9 nitrogen and oxygen atoms in total. The van der Waals surface area contributed by atoms with Crippen LogP contribution in [0, 0.1) is 30.6 Å². The fourth-order valence-corrected chi connectivity index (χ4v) is 10.3. The average Bonchev–Trinajstić information content (AvgIpc) is 3.32. The Bertz CT molecular complexity index is 1450. The predicted octanol–water partition coefficient (Wildman–Crippen LogP) is 3.76. The molecule has 0 aromatic carbocycles. The number of likely N-dealkylation sites (N-methyl/N-ethyl adjacent to an activating group) is 1. The number of nitrogens with zero attached hydrogens (tertiary/aromatic N) is 1. The van der Waals surface area contributed by atoms with Crippen molar-refractivity contribution in [3.63, 3.8) is 0 Å². The molecule has 9 heteroatoms. The molecule has 8 atom stereocenters. The first-order valence-corrected chi connectivity index (χ1v) is 15.5. The van der Waals surface area contributed by atoms with Crippen LogP contribution in [-0.2, 0) is 14.2 Å². The zero-order chi connectivity index (χ0) is 30.0. The van der Waals surface area contributed by atoms with Crippen molar-refractivity contribution >= 4 is 11.8 Å². The van der Waals surface area contributed by atoms with E-state index in [-0.39, 0.29) is 17.1 Å². The summed E-state index contributed by atoms with van der Waals surface area (Å²) < 4.78 is 19.9. The third kappa shape index (κ3) is 3.32. The molecule has 1 aromatic rings. The number of ketones is 1. The number of hydrogen-bond acceptors (Lipinski definition) is 8. The molecule has 3 aliphatic heterocycles. The highest BCUT2D eigenvalue weighted by Crippen LogP contribution is 2.74. The summed E-state index contributed by atoms with van der Waals surface area (Å²) in [5, 5.41) is 23.9. The first-order valence-electron chi connectivity index (χ1n) is 15.5. The second-order valence-corrected chi connectivity index (χ2v) is 14.3. The maximum absolute atomic E-state index is 13.6. The van der Waals surface area contributed by atoms with Crippen LogP contribution in [0.15, 0.2) is 23.3 Å². The maximum atomic E-state index is 13.6. The summed E-state index contributed by atoms with van der Waals surface area (Å²) in [5.41, 5.74) is 1.13. The molecule has 3 unspecified atom stereocenters. The van der Waals surface area contributed by atoms with Crippen molar-refractivity contribution in [2.24, 2.45) is 16.7 Å². The Kier molecular flexibility index (Phi) is 6.02. The standard InChI is InChI=1S/C33H44N2O7/c1-18-26(19(2)34-27(18)20(3)36)28(38)41-21(4)23-9-10-32-24-8-7-22-15-31(39)12-11-29(22,5)33(24,42-31)25(37)16-30(23,32)17-35(6)13-14-40-32/h8-9,21-22,25,34,37,39H,7,10-17H2,1-6H3/t21?,22-,25-,29+,30?,31+,32+,33?/m1/s1. The second kappa shape index (κ2) is 8.88. The van der Waals surface area contributed by atoms with Crippen LogP contribution in [0.1, 0.15) is 91.4 Å². The summed E-state index contributed by atoms with van der Waals surface area (Å²) in [6.07, 6.45) is 6.66. The van der Waals surface area contributed by atoms with Crippen molar-refractivity contribution in [2.75, 3.05) is 26.7 Å². The van der Waals surface area contributed by atoms with Gasteiger partial charge in [0.1, 0.15) is 17.3 Å². The molecular formula is C33H44N2O7. The zero-order valence-electron chi connectivity index (χ0n) is 25.6. The van der Waals surface area contributed by atoms with Gasteiger partial charge in [0.15, 0.2) is 11.6 Å².